The zero-order valence-corrected chi connectivity index (χ0v) is 19.3. The van der Waals surface area contributed by atoms with Crippen molar-refractivity contribution in [1.29, 1.82) is 0 Å². The standard InChI is InChI=1S/C23H30N6O4/c1-4-6-10-28(18-19(24)29(11-7-5-2)23(32)26-20(18)30)22(31)15-12-16(14-8-9-14)25-21-17(15)13(3)27-33-21/h12,14H,4-11,24H2,1-3H3,(H,26,30,32). The van der Waals surface area contributed by atoms with E-state index in [1.165, 1.54) is 9.47 Å². The molecule has 0 unspecified atom stereocenters. The van der Waals surface area contributed by atoms with Crippen molar-refractivity contribution in [2.24, 2.45) is 0 Å². The number of carbonyl (C=O) groups excluding carboxylic acids is 1. The molecule has 0 spiro atoms. The van der Waals surface area contributed by atoms with Gasteiger partial charge in [-0.3, -0.25) is 19.1 Å². The molecule has 4 rings (SSSR count). The molecule has 0 aliphatic heterocycles. The van der Waals surface area contributed by atoms with Gasteiger partial charge in [0.25, 0.3) is 17.2 Å². The predicted octanol–water partition coefficient (Wildman–Crippen LogP) is 3.09. The first kappa shape index (κ1) is 22.8. The largest absolute Gasteiger partial charge is 0.383 e. The van der Waals surface area contributed by atoms with Gasteiger partial charge in [0.1, 0.15) is 5.82 Å². The molecule has 0 bridgehead atoms. The number of fused-ring (bicyclic) bond motifs is 1. The molecule has 0 radical (unpaired) electrons. The van der Waals surface area contributed by atoms with Crippen LogP contribution < -0.4 is 21.9 Å². The van der Waals surface area contributed by atoms with E-state index in [-0.39, 0.29) is 24.0 Å². The lowest BCUT2D eigenvalue weighted by molar-refractivity contribution is 0.0987. The van der Waals surface area contributed by atoms with Gasteiger partial charge in [-0.05, 0) is 38.7 Å². The Bertz CT molecular complexity index is 1300. The molecule has 3 aromatic rings. The number of nitrogens with two attached hydrogens (primary N) is 1. The van der Waals surface area contributed by atoms with Crippen LogP contribution in [0.4, 0.5) is 11.5 Å². The smallest absolute Gasteiger partial charge is 0.330 e. The Morgan fingerprint density at radius 1 is 1.27 bits per heavy atom. The third kappa shape index (κ3) is 4.29. The molecule has 1 fully saturated rings. The van der Waals surface area contributed by atoms with Gasteiger partial charge in [0.15, 0.2) is 5.69 Å². The van der Waals surface area contributed by atoms with Gasteiger partial charge < -0.3 is 15.2 Å². The Hall–Kier alpha value is -3.43. The van der Waals surface area contributed by atoms with Gasteiger partial charge in [-0.15, -0.1) is 0 Å². The number of aromatic nitrogens is 4. The van der Waals surface area contributed by atoms with Crippen LogP contribution in [-0.2, 0) is 6.54 Å². The van der Waals surface area contributed by atoms with Crippen LogP contribution in [0.25, 0.3) is 11.1 Å². The second kappa shape index (κ2) is 9.21. The molecule has 176 valence electrons. The van der Waals surface area contributed by atoms with Crippen LogP contribution in [0.1, 0.15) is 80.0 Å². The number of pyridine rings is 1. The molecule has 1 aliphatic carbocycles. The van der Waals surface area contributed by atoms with Crippen molar-refractivity contribution in [2.45, 2.75) is 71.8 Å². The van der Waals surface area contributed by atoms with E-state index in [4.69, 9.17) is 10.3 Å². The monoisotopic (exact) mass is 454 g/mol. The highest BCUT2D eigenvalue weighted by Gasteiger charge is 2.31. The predicted molar refractivity (Wildman–Crippen MR) is 126 cm³/mol. The van der Waals surface area contributed by atoms with Gasteiger partial charge >= 0.3 is 5.69 Å². The summed E-state index contributed by atoms with van der Waals surface area (Å²) in [6.07, 6.45) is 5.05. The lowest BCUT2D eigenvalue weighted by atomic mass is 10.1. The van der Waals surface area contributed by atoms with Crippen LogP contribution in [0.5, 0.6) is 0 Å². The summed E-state index contributed by atoms with van der Waals surface area (Å²) in [5, 5.41) is 4.53. The van der Waals surface area contributed by atoms with Gasteiger partial charge in [0.05, 0.1) is 16.6 Å². The first-order valence-corrected chi connectivity index (χ1v) is 11.6. The maximum atomic E-state index is 14.0. The number of unbranched alkanes of at least 4 members (excludes halogenated alkanes) is 2. The number of H-pyrrole nitrogens is 1. The third-order valence-corrected chi connectivity index (χ3v) is 6.06. The maximum absolute atomic E-state index is 14.0. The fourth-order valence-corrected chi connectivity index (χ4v) is 4.02. The van der Waals surface area contributed by atoms with Crippen molar-refractivity contribution in [3.05, 3.63) is 43.9 Å². The van der Waals surface area contributed by atoms with E-state index in [0.29, 0.717) is 47.7 Å². The van der Waals surface area contributed by atoms with Gasteiger partial charge in [-0.25, -0.2) is 9.78 Å². The molecule has 1 amide bonds. The summed E-state index contributed by atoms with van der Waals surface area (Å²) < 4.78 is 6.71. The van der Waals surface area contributed by atoms with E-state index in [0.717, 1.165) is 31.4 Å². The molecular weight excluding hydrogens is 424 g/mol. The van der Waals surface area contributed by atoms with Crippen molar-refractivity contribution in [3.8, 4) is 0 Å². The fraction of sp³-hybridized carbons (Fsp3) is 0.522. The molecule has 1 saturated carbocycles. The van der Waals surface area contributed by atoms with Crippen molar-refractivity contribution < 1.29 is 9.32 Å². The minimum absolute atomic E-state index is 0.00332. The summed E-state index contributed by atoms with van der Waals surface area (Å²) in [5.41, 5.74) is 7.10. The van der Waals surface area contributed by atoms with Crippen LogP contribution in [0.3, 0.4) is 0 Å². The van der Waals surface area contributed by atoms with Crippen molar-refractivity contribution >= 4 is 28.5 Å². The van der Waals surface area contributed by atoms with Crippen LogP contribution in [0, 0.1) is 6.92 Å². The highest BCUT2D eigenvalue weighted by molar-refractivity contribution is 6.14. The molecule has 33 heavy (non-hydrogen) atoms. The highest BCUT2D eigenvalue weighted by atomic mass is 16.5. The molecule has 1 aliphatic rings. The Kier molecular flexibility index (Phi) is 6.35. The average Bonchev–Trinajstić information content (AvgIpc) is 3.58. The minimum atomic E-state index is -0.676. The summed E-state index contributed by atoms with van der Waals surface area (Å²) in [6.45, 7) is 6.39. The Morgan fingerprint density at radius 2 is 2.00 bits per heavy atom. The van der Waals surface area contributed by atoms with Gasteiger partial charge in [0, 0.05) is 24.7 Å². The number of anilines is 2. The van der Waals surface area contributed by atoms with Gasteiger partial charge in [-0.2, -0.15) is 0 Å². The van der Waals surface area contributed by atoms with Crippen LogP contribution >= 0.6 is 0 Å². The number of nitrogen functional groups attached to an aromatic ring is 1. The van der Waals surface area contributed by atoms with E-state index in [2.05, 4.69) is 15.1 Å². The van der Waals surface area contributed by atoms with Crippen LogP contribution in [0.2, 0.25) is 0 Å². The van der Waals surface area contributed by atoms with E-state index in [1.54, 1.807) is 13.0 Å². The number of nitrogens with zero attached hydrogens (tertiary/aromatic N) is 4. The fourth-order valence-electron chi connectivity index (χ4n) is 4.02. The van der Waals surface area contributed by atoms with Crippen LogP contribution in [0.15, 0.2) is 20.2 Å². The second-order valence-electron chi connectivity index (χ2n) is 8.63. The zero-order valence-electron chi connectivity index (χ0n) is 19.3. The van der Waals surface area contributed by atoms with E-state index < -0.39 is 11.2 Å². The lowest BCUT2D eigenvalue weighted by Gasteiger charge is -2.25. The number of nitrogens with one attached hydrogen (secondary N) is 1. The number of aryl methyl sites for hydroxylation is 1. The lowest BCUT2D eigenvalue weighted by Crippen LogP contribution is -2.41. The van der Waals surface area contributed by atoms with Crippen LogP contribution in [-0.4, -0.2) is 32.1 Å². The molecule has 0 atom stereocenters. The third-order valence-electron chi connectivity index (χ3n) is 6.06. The van der Waals surface area contributed by atoms with E-state index >= 15 is 0 Å². The summed E-state index contributed by atoms with van der Waals surface area (Å²) in [7, 11) is 0. The molecule has 0 aromatic carbocycles. The van der Waals surface area contributed by atoms with Gasteiger partial charge in [-0.1, -0.05) is 31.8 Å². The first-order chi connectivity index (χ1) is 15.9. The molecule has 10 heteroatoms. The van der Waals surface area contributed by atoms with Crippen molar-refractivity contribution in [3.63, 3.8) is 0 Å². The minimum Gasteiger partial charge on any atom is -0.383 e. The number of carbonyl (C=O) groups is 1. The zero-order chi connectivity index (χ0) is 23.7. The number of hydrogen-bond acceptors (Lipinski definition) is 7. The first-order valence-electron chi connectivity index (χ1n) is 11.6. The van der Waals surface area contributed by atoms with Crippen molar-refractivity contribution in [1.82, 2.24) is 19.7 Å². The summed E-state index contributed by atoms with van der Waals surface area (Å²) in [5.74, 6) is -0.0989. The summed E-state index contributed by atoms with van der Waals surface area (Å²) in [4.78, 5) is 47.5. The van der Waals surface area contributed by atoms with Gasteiger partial charge in [0.2, 0.25) is 0 Å². The quantitative estimate of drug-likeness (QED) is 0.506. The summed E-state index contributed by atoms with van der Waals surface area (Å²) >= 11 is 0. The molecule has 3 N–H and O–H groups in total. The Labute approximate surface area is 190 Å². The molecule has 10 nitrogen and oxygen atoms in total. The van der Waals surface area contributed by atoms with Crippen molar-refractivity contribution in [2.75, 3.05) is 17.2 Å². The topological polar surface area (TPSA) is 140 Å². The summed E-state index contributed by atoms with van der Waals surface area (Å²) in [6, 6.07) is 1.78. The second-order valence-corrected chi connectivity index (χ2v) is 8.63. The average molecular weight is 455 g/mol. The highest BCUT2D eigenvalue weighted by Crippen LogP contribution is 2.40. The maximum Gasteiger partial charge on any atom is 0.330 e. The number of amides is 1. The molecular formula is C23H30N6O4. The SMILES string of the molecule is CCCCN(C(=O)c1cc(C2CC2)nc2onc(C)c12)c1c(N)n(CCCC)c(=O)[nH]c1=O. The Balaban J connectivity index is 1.88. The molecule has 3 heterocycles. The number of rotatable bonds is 9. The Morgan fingerprint density at radius 3 is 2.67 bits per heavy atom. The molecule has 0 saturated heterocycles. The van der Waals surface area contributed by atoms with E-state index in [1.807, 2.05) is 13.8 Å². The van der Waals surface area contributed by atoms with E-state index in [9.17, 15) is 14.4 Å². The normalized spacial score (nSPS) is 13.5. The number of aromatic amines is 1. The molecule has 3 aromatic heterocycles. The number of hydrogen-bond donors (Lipinski definition) is 2.